The van der Waals surface area contributed by atoms with E-state index in [2.05, 4.69) is 5.32 Å². The number of carboxylic acids is 1. The van der Waals surface area contributed by atoms with Gasteiger partial charge in [0.1, 0.15) is 11.6 Å². The standard InChI is InChI=1S/C11H8ClNO4/c1-5(14)13-9-7-4-6(12)2-3-8(7)17-10(9)11(15)16/h2-4H,1H3,(H,13,14)(H,15,16)/p-1. The third-order valence-electron chi connectivity index (χ3n) is 2.14. The molecule has 88 valence electrons. The molecule has 5 nitrogen and oxygen atoms in total. The second-order valence-electron chi connectivity index (χ2n) is 3.42. The first-order chi connectivity index (χ1) is 7.99. The molecule has 1 amide bonds. The van der Waals surface area contributed by atoms with Gasteiger partial charge in [-0.2, -0.15) is 0 Å². The van der Waals surface area contributed by atoms with Crippen LogP contribution < -0.4 is 10.4 Å². The van der Waals surface area contributed by atoms with E-state index in [9.17, 15) is 14.7 Å². The highest BCUT2D eigenvalue weighted by molar-refractivity contribution is 6.31. The predicted octanol–water partition coefficient (Wildman–Crippen LogP) is 1.41. The normalized spacial score (nSPS) is 10.5. The van der Waals surface area contributed by atoms with Gasteiger partial charge in [-0.3, -0.25) is 4.79 Å². The van der Waals surface area contributed by atoms with Gasteiger partial charge in [0.15, 0.2) is 5.76 Å². The number of furan rings is 1. The van der Waals surface area contributed by atoms with Crippen molar-refractivity contribution < 1.29 is 19.1 Å². The van der Waals surface area contributed by atoms with E-state index in [1.165, 1.54) is 19.1 Å². The molecule has 0 aliphatic carbocycles. The van der Waals surface area contributed by atoms with Crippen LogP contribution in [-0.4, -0.2) is 11.9 Å². The highest BCUT2D eigenvalue weighted by Gasteiger charge is 2.16. The lowest BCUT2D eigenvalue weighted by atomic mass is 10.2. The number of carbonyl (C=O) groups excluding carboxylic acids is 2. The second-order valence-corrected chi connectivity index (χ2v) is 3.85. The Kier molecular flexibility index (Phi) is 2.77. The fourth-order valence-electron chi connectivity index (χ4n) is 1.51. The number of anilines is 1. The van der Waals surface area contributed by atoms with Gasteiger partial charge in [-0.05, 0) is 18.2 Å². The molecule has 0 atom stereocenters. The molecular formula is C11H7ClNO4-. The quantitative estimate of drug-likeness (QED) is 0.876. The average Bonchev–Trinajstić information content (AvgIpc) is 2.56. The minimum Gasteiger partial charge on any atom is -0.541 e. The zero-order chi connectivity index (χ0) is 12.6. The lowest BCUT2D eigenvalue weighted by Gasteiger charge is -2.03. The smallest absolute Gasteiger partial charge is 0.221 e. The molecule has 1 heterocycles. The molecule has 1 aromatic heterocycles. The number of carbonyl (C=O) groups is 2. The Bertz CT molecular complexity index is 617. The van der Waals surface area contributed by atoms with Gasteiger partial charge in [-0.15, -0.1) is 0 Å². The fourth-order valence-corrected chi connectivity index (χ4v) is 1.69. The zero-order valence-corrected chi connectivity index (χ0v) is 9.50. The summed E-state index contributed by atoms with van der Waals surface area (Å²) in [5.41, 5.74) is 0.382. The maximum Gasteiger partial charge on any atom is 0.221 e. The Hall–Kier alpha value is -2.01. The third kappa shape index (κ3) is 2.09. The van der Waals surface area contributed by atoms with E-state index >= 15 is 0 Å². The number of nitrogens with one attached hydrogen (secondary N) is 1. The number of fused-ring (bicyclic) bond motifs is 1. The van der Waals surface area contributed by atoms with Crippen molar-refractivity contribution in [2.75, 3.05) is 5.32 Å². The van der Waals surface area contributed by atoms with E-state index in [0.29, 0.717) is 16.0 Å². The zero-order valence-electron chi connectivity index (χ0n) is 8.74. The molecule has 17 heavy (non-hydrogen) atoms. The van der Waals surface area contributed by atoms with Gasteiger partial charge in [0.25, 0.3) is 0 Å². The van der Waals surface area contributed by atoms with Crippen LogP contribution >= 0.6 is 11.6 Å². The highest BCUT2D eigenvalue weighted by atomic mass is 35.5. The first-order valence-corrected chi connectivity index (χ1v) is 5.08. The van der Waals surface area contributed by atoms with Crippen molar-refractivity contribution >= 4 is 40.1 Å². The average molecular weight is 253 g/mol. The molecule has 0 bridgehead atoms. The predicted molar refractivity (Wildman–Crippen MR) is 59.9 cm³/mol. The van der Waals surface area contributed by atoms with Crippen molar-refractivity contribution in [3.8, 4) is 0 Å². The largest absolute Gasteiger partial charge is 0.541 e. The molecule has 2 aromatic rings. The van der Waals surface area contributed by atoms with Crippen molar-refractivity contribution in [2.24, 2.45) is 0 Å². The number of aromatic carboxylic acids is 1. The van der Waals surface area contributed by atoms with Gasteiger partial charge in [0.2, 0.25) is 5.91 Å². The van der Waals surface area contributed by atoms with Crippen molar-refractivity contribution in [1.82, 2.24) is 0 Å². The second kappa shape index (κ2) is 4.10. The Morgan fingerprint density at radius 3 is 2.71 bits per heavy atom. The molecule has 1 N–H and O–H groups in total. The molecule has 0 unspecified atom stereocenters. The first kappa shape index (κ1) is 11.5. The van der Waals surface area contributed by atoms with Gasteiger partial charge in [0.05, 0.1) is 5.69 Å². The van der Waals surface area contributed by atoms with Crippen LogP contribution in [0.4, 0.5) is 5.69 Å². The van der Waals surface area contributed by atoms with Crippen LogP contribution in [0.15, 0.2) is 22.6 Å². The van der Waals surface area contributed by atoms with E-state index in [1.54, 1.807) is 6.07 Å². The number of hydrogen-bond acceptors (Lipinski definition) is 4. The van der Waals surface area contributed by atoms with Gasteiger partial charge >= 0.3 is 0 Å². The number of halogens is 1. The Morgan fingerprint density at radius 1 is 1.41 bits per heavy atom. The van der Waals surface area contributed by atoms with Gasteiger partial charge < -0.3 is 19.6 Å². The molecule has 0 saturated carbocycles. The number of hydrogen-bond donors (Lipinski definition) is 1. The molecule has 0 spiro atoms. The Morgan fingerprint density at radius 2 is 2.12 bits per heavy atom. The minimum atomic E-state index is -1.50. The fraction of sp³-hybridized carbons (Fsp3) is 0.0909. The summed E-state index contributed by atoms with van der Waals surface area (Å²) in [6.45, 7) is 1.27. The number of rotatable bonds is 2. The van der Waals surface area contributed by atoms with Crippen LogP contribution in [0.5, 0.6) is 0 Å². The maximum absolute atomic E-state index is 11.0. The van der Waals surface area contributed by atoms with Crippen LogP contribution in [0.1, 0.15) is 17.5 Å². The molecular weight excluding hydrogens is 246 g/mol. The summed E-state index contributed by atoms with van der Waals surface area (Å²) in [6.07, 6.45) is 0. The van der Waals surface area contributed by atoms with Crippen LogP contribution in [-0.2, 0) is 4.79 Å². The van der Waals surface area contributed by atoms with E-state index in [-0.39, 0.29) is 5.69 Å². The summed E-state index contributed by atoms with van der Waals surface area (Å²) in [5, 5.41) is 14.1. The molecule has 0 aliphatic heterocycles. The van der Waals surface area contributed by atoms with E-state index < -0.39 is 17.6 Å². The molecule has 0 saturated heterocycles. The SMILES string of the molecule is CC(=O)Nc1c(C(=O)[O-])oc2ccc(Cl)cc12. The van der Waals surface area contributed by atoms with Crippen molar-refractivity contribution in [2.45, 2.75) is 6.92 Å². The van der Waals surface area contributed by atoms with Crippen molar-refractivity contribution in [3.63, 3.8) is 0 Å². The molecule has 2 rings (SSSR count). The highest BCUT2D eigenvalue weighted by Crippen LogP contribution is 2.32. The van der Waals surface area contributed by atoms with Crippen LogP contribution in [0, 0.1) is 0 Å². The summed E-state index contributed by atoms with van der Waals surface area (Å²) in [4.78, 5) is 21.9. The van der Waals surface area contributed by atoms with E-state index in [1.807, 2.05) is 0 Å². The summed E-state index contributed by atoms with van der Waals surface area (Å²) < 4.78 is 5.08. The van der Waals surface area contributed by atoms with Gasteiger partial charge in [0, 0.05) is 17.3 Å². The Balaban J connectivity index is 2.72. The lowest BCUT2D eigenvalue weighted by Crippen LogP contribution is -2.23. The molecule has 0 fully saturated rings. The van der Waals surface area contributed by atoms with E-state index in [0.717, 1.165) is 0 Å². The molecule has 0 radical (unpaired) electrons. The molecule has 1 aromatic carbocycles. The monoisotopic (exact) mass is 252 g/mol. The minimum absolute atomic E-state index is 0.0648. The first-order valence-electron chi connectivity index (χ1n) is 4.70. The number of amides is 1. The number of carboxylic acid groups (broad SMARTS) is 1. The van der Waals surface area contributed by atoms with E-state index in [4.69, 9.17) is 16.0 Å². The lowest BCUT2D eigenvalue weighted by molar-refractivity contribution is -0.256. The van der Waals surface area contributed by atoms with Gasteiger partial charge in [-0.1, -0.05) is 11.6 Å². The topological polar surface area (TPSA) is 82.4 Å². The van der Waals surface area contributed by atoms with Crippen molar-refractivity contribution in [3.05, 3.63) is 29.0 Å². The van der Waals surface area contributed by atoms with Crippen LogP contribution in [0.3, 0.4) is 0 Å². The third-order valence-corrected chi connectivity index (χ3v) is 2.37. The molecule has 6 heteroatoms. The maximum atomic E-state index is 11.0. The summed E-state index contributed by atoms with van der Waals surface area (Å²) in [7, 11) is 0. The van der Waals surface area contributed by atoms with Crippen LogP contribution in [0.2, 0.25) is 5.02 Å². The van der Waals surface area contributed by atoms with Gasteiger partial charge in [-0.25, -0.2) is 0 Å². The number of benzene rings is 1. The molecule has 0 aliphatic rings. The van der Waals surface area contributed by atoms with Crippen LogP contribution in [0.25, 0.3) is 11.0 Å². The summed E-state index contributed by atoms with van der Waals surface area (Å²) in [5.74, 6) is -2.33. The summed E-state index contributed by atoms with van der Waals surface area (Å²) in [6, 6.07) is 4.59. The Labute approximate surface area is 101 Å². The van der Waals surface area contributed by atoms with Crippen molar-refractivity contribution in [1.29, 1.82) is 0 Å². The summed E-state index contributed by atoms with van der Waals surface area (Å²) >= 11 is 5.80.